The lowest BCUT2D eigenvalue weighted by Gasteiger charge is -2.25. The van der Waals surface area contributed by atoms with Gasteiger partial charge in [-0.1, -0.05) is 50.3 Å². The van der Waals surface area contributed by atoms with Gasteiger partial charge in [0.25, 0.3) is 0 Å². The summed E-state index contributed by atoms with van der Waals surface area (Å²) in [5.41, 5.74) is 7.71. The van der Waals surface area contributed by atoms with Crippen LogP contribution < -0.4 is 25.4 Å². The van der Waals surface area contributed by atoms with Crippen LogP contribution in [0.4, 0.5) is 15.8 Å². The molecule has 0 fully saturated rings. The van der Waals surface area contributed by atoms with Gasteiger partial charge in [-0.15, -0.1) is 0 Å². The SMILES string of the molecule is COc1ccc(NCCCCCCCCCN)c(CN(C(C)=O)c2cc(F)ccc2Oc2ccccc2)c1. The summed E-state index contributed by atoms with van der Waals surface area (Å²) in [7, 11) is 1.61. The normalized spacial score (nSPS) is 10.7. The van der Waals surface area contributed by atoms with Crippen LogP contribution in [0.1, 0.15) is 57.4 Å². The second kappa shape index (κ2) is 15.6. The third-order valence-corrected chi connectivity index (χ3v) is 6.40. The number of amides is 1. The minimum Gasteiger partial charge on any atom is -0.497 e. The van der Waals surface area contributed by atoms with E-state index in [0.29, 0.717) is 22.9 Å². The Bertz CT molecular complexity index is 1140. The summed E-state index contributed by atoms with van der Waals surface area (Å²) in [5.74, 6) is 1.02. The van der Waals surface area contributed by atoms with Crippen LogP contribution in [0.3, 0.4) is 0 Å². The number of nitrogens with two attached hydrogens (primary N) is 1. The molecule has 204 valence electrons. The smallest absolute Gasteiger partial charge is 0.224 e. The number of hydrogen-bond donors (Lipinski definition) is 2. The minimum atomic E-state index is -0.446. The highest BCUT2D eigenvalue weighted by atomic mass is 19.1. The minimum absolute atomic E-state index is 0.225. The zero-order valence-electron chi connectivity index (χ0n) is 22.5. The predicted molar refractivity (Wildman–Crippen MR) is 153 cm³/mol. The van der Waals surface area contributed by atoms with Gasteiger partial charge in [-0.3, -0.25) is 4.79 Å². The van der Waals surface area contributed by atoms with E-state index in [1.165, 1.54) is 49.6 Å². The number of unbranched alkanes of at least 4 members (excludes halogenated alkanes) is 6. The fourth-order valence-electron chi connectivity index (χ4n) is 4.32. The molecule has 0 bridgehead atoms. The first-order valence-corrected chi connectivity index (χ1v) is 13.4. The number of anilines is 2. The third-order valence-electron chi connectivity index (χ3n) is 6.40. The maximum Gasteiger partial charge on any atom is 0.224 e. The molecule has 6 nitrogen and oxygen atoms in total. The molecule has 0 unspecified atom stereocenters. The Labute approximate surface area is 225 Å². The van der Waals surface area contributed by atoms with Crippen molar-refractivity contribution in [1.29, 1.82) is 0 Å². The van der Waals surface area contributed by atoms with E-state index in [2.05, 4.69) is 5.32 Å². The Morgan fingerprint density at radius 3 is 2.29 bits per heavy atom. The lowest BCUT2D eigenvalue weighted by molar-refractivity contribution is -0.116. The zero-order chi connectivity index (χ0) is 27.2. The molecule has 0 radical (unpaired) electrons. The van der Waals surface area contributed by atoms with Crippen LogP contribution >= 0.6 is 0 Å². The van der Waals surface area contributed by atoms with Crippen molar-refractivity contribution in [1.82, 2.24) is 0 Å². The van der Waals surface area contributed by atoms with Crippen molar-refractivity contribution in [2.45, 2.75) is 58.4 Å². The highest BCUT2D eigenvalue weighted by Gasteiger charge is 2.20. The number of carbonyl (C=O) groups excluding carboxylic acids is 1. The number of carbonyl (C=O) groups is 1. The van der Waals surface area contributed by atoms with E-state index >= 15 is 0 Å². The summed E-state index contributed by atoms with van der Waals surface area (Å²) < 4.78 is 25.9. The van der Waals surface area contributed by atoms with Crippen LogP contribution in [0.15, 0.2) is 66.7 Å². The van der Waals surface area contributed by atoms with Crippen LogP contribution in [-0.4, -0.2) is 26.1 Å². The predicted octanol–water partition coefficient (Wildman–Crippen LogP) is 7.28. The Morgan fingerprint density at radius 1 is 0.895 bits per heavy atom. The van der Waals surface area contributed by atoms with Crippen LogP contribution in [0, 0.1) is 5.82 Å². The van der Waals surface area contributed by atoms with Crippen LogP contribution in [-0.2, 0) is 11.3 Å². The number of nitrogens with zero attached hydrogens (tertiary/aromatic N) is 1. The first-order chi connectivity index (χ1) is 18.5. The number of benzene rings is 3. The molecule has 0 saturated heterocycles. The van der Waals surface area contributed by atoms with Crippen molar-refractivity contribution in [3.63, 3.8) is 0 Å². The molecule has 0 heterocycles. The molecule has 38 heavy (non-hydrogen) atoms. The molecule has 7 heteroatoms. The molecule has 0 spiro atoms. The van der Waals surface area contributed by atoms with Gasteiger partial charge in [-0.05, 0) is 67.4 Å². The summed E-state index contributed by atoms with van der Waals surface area (Å²) in [6.07, 6.45) is 8.21. The van der Waals surface area contributed by atoms with Gasteiger partial charge in [0.05, 0.1) is 19.3 Å². The van der Waals surface area contributed by atoms with Crippen molar-refractivity contribution in [3.8, 4) is 17.2 Å². The Morgan fingerprint density at radius 2 is 1.61 bits per heavy atom. The van der Waals surface area contributed by atoms with Crippen molar-refractivity contribution in [3.05, 3.63) is 78.1 Å². The highest BCUT2D eigenvalue weighted by molar-refractivity contribution is 5.93. The van der Waals surface area contributed by atoms with Gasteiger partial charge in [-0.2, -0.15) is 0 Å². The Kier molecular flexibility index (Phi) is 11.9. The summed E-state index contributed by atoms with van der Waals surface area (Å²) in [5, 5.41) is 3.52. The Hall–Kier alpha value is -3.58. The maximum absolute atomic E-state index is 14.4. The second-order valence-electron chi connectivity index (χ2n) is 9.35. The van der Waals surface area contributed by atoms with E-state index in [-0.39, 0.29) is 12.5 Å². The van der Waals surface area contributed by atoms with Crippen molar-refractivity contribution in [2.75, 3.05) is 30.4 Å². The number of para-hydroxylation sites is 1. The molecule has 0 saturated carbocycles. The first-order valence-electron chi connectivity index (χ1n) is 13.4. The van der Waals surface area contributed by atoms with E-state index in [4.69, 9.17) is 15.2 Å². The number of ether oxygens (including phenoxy) is 2. The fraction of sp³-hybridized carbons (Fsp3) is 0.387. The van der Waals surface area contributed by atoms with Gasteiger partial charge in [0.1, 0.15) is 17.3 Å². The molecular formula is C31H40FN3O3. The summed E-state index contributed by atoms with van der Waals surface area (Å²) >= 11 is 0. The van der Waals surface area contributed by atoms with Crippen molar-refractivity contribution < 1.29 is 18.7 Å². The third kappa shape index (κ3) is 9.06. The molecule has 0 aliphatic heterocycles. The highest BCUT2D eigenvalue weighted by Crippen LogP contribution is 2.35. The first kappa shape index (κ1) is 29.0. The molecular weight excluding hydrogens is 481 g/mol. The van der Waals surface area contributed by atoms with E-state index in [1.54, 1.807) is 13.2 Å². The molecule has 3 N–H and O–H groups in total. The molecule has 3 aromatic rings. The van der Waals surface area contributed by atoms with Crippen molar-refractivity contribution >= 4 is 17.3 Å². The molecule has 0 atom stereocenters. The van der Waals surface area contributed by atoms with Crippen LogP contribution in [0.2, 0.25) is 0 Å². The van der Waals surface area contributed by atoms with Gasteiger partial charge in [0.2, 0.25) is 5.91 Å². The van der Waals surface area contributed by atoms with Gasteiger partial charge >= 0.3 is 0 Å². The molecule has 3 rings (SSSR count). The molecule has 3 aromatic carbocycles. The average molecular weight is 522 g/mol. The summed E-state index contributed by atoms with van der Waals surface area (Å²) in [6, 6.07) is 19.2. The number of methoxy groups -OCH3 is 1. The van der Waals surface area contributed by atoms with E-state index in [1.807, 2.05) is 48.5 Å². The number of hydrogen-bond acceptors (Lipinski definition) is 5. The van der Waals surface area contributed by atoms with E-state index in [0.717, 1.165) is 43.6 Å². The Balaban J connectivity index is 1.74. The van der Waals surface area contributed by atoms with Gasteiger partial charge < -0.3 is 25.4 Å². The average Bonchev–Trinajstić information content (AvgIpc) is 2.92. The van der Waals surface area contributed by atoms with Gasteiger partial charge in [0.15, 0.2) is 5.75 Å². The molecule has 0 aliphatic carbocycles. The number of rotatable bonds is 16. The molecule has 0 aromatic heterocycles. The van der Waals surface area contributed by atoms with Gasteiger partial charge in [-0.25, -0.2) is 4.39 Å². The number of nitrogens with one attached hydrogen (secondary N) is 1. The maximum atomic E-state index is 14.4. The quantitative estimate of drug-likeness (QED) is 0.194. The molecule has 0 aliphatic rings. The van der Waals surface area contributed by atoms with E-state index in [9.17, 15) is 9.18 Å². The van der Waals surface area contributed by atoms with Crippen LogP contribution in [0.25, 0.3) is 0 Å². The fourth-order valence-corrected chi connectivity index (χ4v) is 4.32. The zero-order valence-corrected chi connectivity index (χ0v) is 22.5. The summed E-state index contributed by atoms with van der Waals surface area (Å²) in [6.45, 7) is 3.29. The largest absolute Gasteiger partial charge is 0.497 e. The van der Waals surface area contributed by atoms with Crippen molar-refractivity contribution in [2.24, 2.45) is 5.73 Å². The van der Waals surface area contributed by atoms with Crippen LogP contribution in [0.5, 0.6) is 17.2 Å². The monoisotopic (exact) mass is 521 g/mol. The lowest BCUT2D eigenvalue weighted by atomic mass is 10.1. The van der Waals surface area contributed by atoms with E-state index < -0.39 is 5.82 Å². The molecule has 1 amide bonds. The standard InChI is InChI=1S/C31H40FN3O3/c1-24(36)35(30-22-26(32)15-18-31(30)38-27-13-9-8-10-14-27)23-25-21-28(37-2)16-17-29(25)34-20-12-7-5-3-4-6-11-19-33/h8-10,13-18,21-22,34H,3-7,11-12,19-20,23,33H2,1-2H3. The second-order valence-corrected chi connectivity index (χ2v) is 9.35. The topological polar surface area (TPSA) is 76.8 Å². The lowest BCUT2D eigenvalue weighted by Crippen LogP contribution is -2.29. The van der Waals surface area contributed by atoms with Gasteiger partial charge in [0, 0.05) is 25.2 Å². The summed E-state index contributed by atoms with van der Waals surface area (Å²) in [4.78, 5) is 14.4. The number of halogens is 1.